The third-order valence-electron chi connectivity index (χ3n) is 3.99. The van der Waals surface area contributed by atoms with E-state index in [1.54, 1.807) is 0 Å². The van der Waals surface area contributed by atoms with Gasteiger partial charge in [-0.15, -0.1) is 0 Å². The molecule has 4 nitrogen and oxygen atoms in total. The largest absolute Gasteiger partial charge is 1.00 e. The fourth-order valence-electron chi connectivity index (χ4n) is 3.01. The van der Waals surface area contributed by atoms with Crippen LogP contribution in [-0.2, 0) is 13.1 Å². The van der Waals surface area contributed by atoms with Gasteiger partial charge in [-0.1, -0.05) is 42.5 Å². The number of ketones is 1. The number of Topliss-reactive ketones (excluding diaryl/α,β-unsaturated/α-hetero) is 1. The van der Waals surface area contributed by atoms with Crippen LogP contribution >= 0.6 is 0 Å². The lowest BCUT2D eigenvalue weighted by Crippen LogP contribution is -3.00. The van der Waals surface area contributed by atoms with Crippen LogP contribution in [0.1, 0.15) is 10.4 Å². The van der Waals surface area contributed by atoms with Crippen LogP contribution < -0.4 is 22.3 Å². The topological polar surface area (TPSA) is 37.9 Å². The summed E-state index contributed by atoms with van der Waals surface area (Å²) in [7, 11) is 0. The number of imidazole rings is 1. The highest BCUT2D eigenvalue weighted by Crippen LogP contribution is 2.21. The molecule has 2 aromatic carbocycles. The second-order valence-corrected chi connectivity index (χ2v) is 5.27. The molecule has 0 spiro atoms. The van der Waals surface area contributed by atoms with E-state index in [9.17, 15) is 4.79 Å². The average Bonchev–Trinajstić information content (AvgIpc) is 3.11. The summed E-state index contributed by atoms with van der Waals surface area (Å²) in [4.78, 5) is 12.5. The second kappa shape index (κ2) is 5.81. The van der Waals surface area contributed by atoms with Gasteiger partial charge in [-0.3, -0.25) is 10.1 Å². The smallest absolute Gasteiger partial charge is 0.359 e. The van der Waals surface area contributed by atoms with Crippen molar-refractivity contribution >= 4 is 22.8 Å². The quantitative estimate of drug-likeness (QED) is 0.510. The summed E-state index contributed by atoms with van der Waals surface area (Å²) in [5, 5.41) is 3.39. The van der Waals surface area contributed by atoms with Gasteiger partial charge in [0, 0.05) is 5.56 Å². The van der Waals surface area contributed by atoms with Gasteiger partial charge in [0.1, 0.15) is 24.1 Å². The van der Waals surface area contributed by atoms with Crippen molar-refractivity contribution in [1.82, 2.24) is 4.57 Å². The van der Waals surface area contributed by atoms with E-state index >= 15 is 0 Å². The fourth-order valence-corrected chi connectivity index (χ4v) is 3.01. The van der Waals surface area contributed by atoms with Crippen molar-refractivity contribution in [3.63, 3.8) is 0 Å². The molecule has 0 fully saturated rings. The molecule has 1 aliphatic rings. The zero-order valence-electron chi connectivity index (χ0n) is 12.0. The third kappa shape index (κ3) is 2.25. The van der Waals surface area contributed by atoms with Gasteiger partial charge < -0.3 is 12.4 Å². The number of rotatable bonds is 3. The van der Waals surface area contributed by atoms with E-state index in [0.717, 1.165) is 30.1 Å². The minimum Gasteiger partial charge on any atom is -1.00 e. The van der Waals surface area contributed by atoms with Gasteiger partial charge in [0.2, 0.25) is 0 Å². The summed E-state index contributed by atoms with van der Waals surface area (Å²) in [6, 6.07) is 17.7. The Morgan fingerprint density at radius 3 is 2.64 bits per heavy atom. The zero-order chi connectivity index (χ0) is 14.2. The minimum absolute atomic E-state index is 0. The van der Waals surface area contributed by atoms with Crippen molar-refractivity contribution in [2.45, 2.75) is 13.1 Å². The van der Waals surface area contributed by atoms with Crippen LogP contribution in [0.25, 0.3) is 11.0 Å². The summed E-state index contributed by atoms with van der Waals surface area (Å²) in [5.74, 6) is 1.16. The van der Waals surface area contributed by atoms with Crippen molar-refractivity contribution in [3.8, 4) is 0 Å². The van der Waals surface area contributed by atoms with Crippen LogP contribution in [0.2, 0.25) is 0 Å². The Morgan fingerprint density at radius 2 is 1.82 bits per heavy atom. The Hall–Kier alpha value is -2.33. The molecule has 22 heavy (non-hydrogen) atoms. The van der Waals surface area contributed by atoms with Gasteiger partial charge in [0.15, 0.2) is 5.78 Å². The van der Waals surface area contributed by atoms with Crippen molar-refractivity contribution in [2.75, 3.05) is 11.9 Å². The molecule has 4 rings (SSSR count). The van der Waals surface area contributed by atoms with Crippen LogP contribution in [0, 0.1) is 0 Å². The number of nitrogens with one attached hydrogen (secondary N) is 1. The number of fused-ring (bicyclic) bond motifs is 3. The Labute approximate surface area is 134 Å². The van der Waals surface area contributed by atoms with Gasteiger partial charge >= 0.3 is 5.95 Å². The molecule has 1 N–H and O–H groups in total. The van der Waals surface area contributed by atoms with E-state index in [4.69, 9.17) is 0 Å². The zero-order valence-corrected chi connectivity index (χ0v) is 12.8. The first-order valence-electron chi connectivity index (χ1n) is 7.18. The number of carbonyl (C=O) groups excluding carboxylic acids is 1. The molecule has 0 saturated carbocycles. The Bertz CT molecular complexity index is 827. The van der Waals surface area contributed by atoms with Crippen LogP contribution in [0.15, 0.2) is 54.6 Å². The molecule has 112 valence electrons. The number of carbonyl (C=O) groups is 1. The highest BCUT2D eigenvalue weighted by molar-refractivity contribution is 5.96. The van der Waals surface area contributed by atoms with Crippen LogP contribution in [0.3, 0.4) is 0 Å². The highest BCUT2D eigenvalue weighted by atomic mass is 35.5. The van der Waals surface area contributed by atoms with Gasteiger partial charge in [-0.25, -0.2) is 9.13 Å². The number of hydrogen-bond donors (Lipinski definition) is 1. The third-order valence-corrected chi connectivity index (χ3v) is 3.99. The number of hydrogen-bond acceptors (Lipinski definition) is 2. The molecule has 1 aliphatic heterocycles. The minimum atomic E-state index is 0. The number of halogens is 1. The van der Waals surface area contributed by atoms with E-state index in [2.05, 4.69) is 26.6 Å². The molecule has 0 atom stereocenters. The molecule has 0 radical (unpaired) electrons. The second-order valence-electron chi connectivity index (χ2n) is 5.27. The molecule has 0 unspecified atom stereocenters. The van der Waals surface area contributed by atoms with Crippen molar-refractivity contribution in [2.24, 2.45) is 0 Å². The summed E-state index contributed by atoms with van der Waals surface area (Å²) in [5.41, 5.74) is 3.04. The molecular weight excluding hydrogens is 298 g/mol. The molecule has 2 heterocycles. The first-order valence-corrected chi connectivity index (χ1v) is 7.18. The summed E-state index contributed by atoms with van der Waals surface area (Å²) >= 11 is 0. The molecule has 0 saturated heterocycles. The molecule has 1 aromatic heterocycles. The maximum Gasteiger partial charge on any atom is 0.359 e. The lowest BCUT2D eigenvalue weighted by Gasteiger charge is -2.02. The molecule has 0 amide bonds. The van der Waals surface area contributed by atoms with Gasteiger partial charge in [0.25, 0.3) is 0 Å². The maximum absolute atomic E-state index is 12.5. The van der Waals surface area contributed by atoms with E-state index < -0.39 is 0 Å². The van der Waals surface area contributed by atoms with Gasteiger partial charge in [-0.05, 0) is 12.1 Å². The van der Waals surface area contributed by atoms with Gasteiger partial charge in [-0.2, -0.15) is 0 Å². The lowest BCUT2D eigenvalue weighted by molar-refractivity contribution is -0.644. The summed E-state index contributed by atoms with van der Waals surface area (Å²) < 4.78 is 4.32. The SMILES string of the molecule is O=C(Cn1c2[n+](c3ccccc31)CCN2)c1ccccc1.[Cl-]. The van der Waals surface area contributed by atoms with Crippen LogP contribution in [0.5, 0.6) is 0 Å². The van der Waals surface area contributed by atoms with Crippen molar-refractivity contribution < 1.29 is 21.8 Å². The summed E-state index contributed by atoms with van der Waals surface area (Å²) in [6.07, 6.45) is 0. The lowest BCUT2D eigenvalue weighted by atomic mass is 10.1. The standard InChI is InChI=1S/C17H15N3O.ClH/c21-16(13-6-2-1-3-7-13)12-20-15-9-5-4-8-14(15)19-11-10-18-17(19)20;/h1-9H,10-12H2;1H. The highest BCUT2D eigenvalue weighted by Gasteiger charge is 2.28. The summed E-state index contributed by atoms with van der Waals surface area (Å²) in [6.45, 7) is 2.22. The first kappa shape index (κ1) is 14.6. The molecule has 0 aliphatic carbocycles. The fraction of sp³-hybridized carbons (Fsp3) is 0.176. The van der Waals surface area contributed by atoms with E-state index in [0.29, 0.717) is 6.54 Å². The molecule has 0 bridgehead atoms. The van der Waals surface area contributed by atoms with E-state index in [1.807, 2.05) is 42.5 Å². The van der Waals surface area contributed by atoms with E-state index in [-0.39, 0.29) is 18.2 Å². The normalized spacial score (nSPS) is 12.5. The molecular formula is C17H16ClN3O. The Kier molecular flexibility index (Phi) is 3.86. The number of para-hydroxylation sites is 2. The van der Waals surface area contributed by atoms with Crippen LogP contribution in [0.4, 0.5) is 5.95 Å². The Morgan fingerprint density at radius 1 is 1.09 bits per heavy atom. The van der Waals surface area contributed by atoms with Crippen molar-refractivity contribution in [3.05, 3.63) is 60.2 Å². The number of anilines is 1. The molecule has 5 heteroatoms. The van der Waals surface area contributed by atoms with Gasteiger partial charge in [0.05, 0.1) is 6.54 Å². The Balaban J connectivity index is 0.00000144. The van der Waals surface area contributed by atoms with E-state index in [1.165, 1.54) is 5.52 Å². The van der Waals surface area contributed by atoms with Crippen LogP contribution in [-0.4, -0.2) is 16.9 Å². The molecule has 3 aromatic rings. The average molecular weight is 314 g/mol. The predicted octanol–water partition coefficient (Wildman–Crippen LogP) is -0.759. The maximum atomic E-state index is 12.5. The van der Waals surface area contributed by atoms with Crippen molar-refractivity contribution in [1.29, 1.82) is 0 Å². The predicted molar refractivity (Wildman–Crippen MR) is 81.4 cm³/mol. The monoisotopic (exact) mass is 313 g/mol. The number of aromatic nitrogens is 2. The number of nitrogens with zero attached hydrogens (tertiary/aromatic N) is 2. The number of benzene rings is 2. The first-order chi connectivity index (χ1) is 10.3.